The summed E-state index contributed by atoms with van der Waals surface area (Å²) < 4.78 is 5.67. The van der Waals surface area contributed by atoms with Crippen molar-refractivity contribution in [3.8, 4) is 5.75 Å². The van der Waals surface area contributed by atoms with E-state index in [1.54, 1.807) is 19.1 Å². The second kappa shape index (κ2) is 9.17. The zero-order valence-corrected chi connectivity index (χ0v) is 13.6. The molecule has 0 fully saturated rings. The largest absolute Gasteiger partial charge is 0.490 e. The van der Waals surface area contributed by atoms with Gasteiger partial charge in [0.15, 0.2) is 5.78 Å². The molecule has 0 radical (unpaired) electrons. The Morgan fingerprint density at radius 3 is 2.57 bits per heavy atom. The van der Waals surface area contributed by atoms with Gasteiger partial charge in [0.25, 0.3) is 0 Å². The predicted octanol–water partition coefficient (Wildman–Crippen LogP) is 5.35. The molecule has 0 aromatic heterocycles. The van der Waals surface area contributed by atoms with E-state index >= 15 is 0 Å². The molecule has 0 aliphatic rings. The normalized spacial score (nSPS) is 12.4. The Morgan fingerprint density at radius 2 is 1.90 bits per heavy atom. The lowest BCUT2D eigenvalue weighted by Crippen LogP contribution is -1.97. The van der Waals surface area contributed by atoms with Crippen molar-refractivity contribution in [3.05, 3.63) is 53.1 Å². The molecule has 0 aliphatic carbocycles. The highest BCUT2D eigenvalue weighted by atomic mass is 16.5. The van der Waals surface area contributed by atoms with Crippen LogP contribution in [0.4, 0.5) is 0 Å². The standard InChI is InChI=1S/C19H26O2/c1-5-15(2)8-6-9-16(3)12-13-21-19-11-7-10-18(14-19)17(4)20/h7-8,10-12,14H,5-6,9,13H2,1-4H3/b15-8-,16-12+. The lowest BCUT2D eigenvalue weighted by atomic mass is 10.1. The van der Waals surface area contributed by atoms with Gasteiger partial charge < -0.3 is 4.74 Å². The second-order valence-electron chi connectivity index (χ2n) is 5.39. The minimum absolute atomic E-state index is 0.0604. The summed E-state index contributed by atoms with van der Waals surface area (Å²) in [6.07, 6.45) is 7.68. The minimum Gasteiger partial charge on any atom is -0.490 e. The molecular weight excluding hydrogens is 260 g/mol. The van der Waals surface area contributed by atoms with Gasteiger partial charge in [-0.3, -0.25) is 4.79 Å². The van der Waals surface area contributed by atoms with Crippen molar-refractivity contribution >= 4 is 5.78 Å². The van der Waals surface area contributed by atoms with Crippen LogP contribution >= 0.6 is 0 Å². The Hall–Kier alpha value is -1.83. The van der Waals surface area contributed by atoms with Crippen LogP contribution in [-0.4, -0.2) is 12.4 Å². The van der Waals surface area contributed by atoms with E-state index in [-0.39, 0.29) is 5.78 Å². The van der Waals surface area contributed by atoms with Crippen molar-refractivity contribution in [2.45, 2.75) is 47.0 Å². The first-order valence-corrected chi connectivity index (χ1v) is 7.58. The molecule has 1 aromatic carbocycles. The molecule has 0 amide bonds. The summed E-state index contributed by atoms with van der Waals surface area (Å²) in [4.78, 5) is 11.3. The van der Waals surface area contributed by atoms with Gasteiger partial charge in [0.2, 0.25) is 0 Å². The van der Waals surface area contributed by atoms with E-state index in [4.69, 9.17) is 4.74 Å². The molecule has 2 heteroatoms. The number of benzene rings is 1. The van der Waals surface area contributed by atoms with E-state index in [0.29, 0.717) is 12.2 Å². The van der Waals surface area contributed by atoms with Gasteiger partial charge in [-0.2, -0.15) is 0 Å². The van der Waals surface area contributed by atoms with Crippen molar-refractivity contribution < 1.29 is 9.53 Å². The summed E-state index contributed by atoms with van der Waals surface area (Å²) in [5.74, 6) is 0.804. The molecule has 114 valence electrons. The highest BCUT2D eigenvalue weighted by Gasteiger charge is 2.00. The SMILES string of the molecule is CC/C(C)=C\CC/C(C)=C/COc1cccc(C(C)=O)c1. The van der Waals surface area contributed by atoms with Crippen LogP contribution in [0, 0.1) is 0 Å². The Balaban J connectivity index is 2.43. The number of ether oxygens (including phenoxy) is 1. The molecule has 21 heavy (non-hydrogen) atoms. The summed E-state index contributed by atoms with van der Waals surface area (Å²) in [5.41, 5.74) is 3.46. The molecule has 0 heterocycles. The molecular formula is C19H26O2. The minimum atomic E-state index is 0.0604. The van der Waals surface area contributed by atoms with E-state index in [2.05, 4.69) is 32.9 Å². The van der Waals surface area contributed by atoms with Crippen LogP contribution < -0.4 is 4.74 Å². The molecule has 0 atom stereocenters. The Bertz CT molecular complexity index is 524. The maximum Gasteiger partial charge on any atom is 0.159 e. The van der Waals surface area contributed by atoms with Gasteiger partial charge >= 0.3 is 0 Å². The molecule has 0 bridgehead atoms. The Kier molecular flexibility index (Phi) is 7.52. The number of carbonyl (C=O) groups is 1. The van der Waals surface area contributed by atoms with Crippen LogP contribution in [0.2, 0.25) is 0 Å². The van der Waals surface area contributed by atoms with Gasteiger partial charge in [0.05, 0.1) is 0 Å². The molecule has 0 unspecified atom stereocenters. The third-order valence-electron chi connectivity index (χ3n) is 3.51. The van der Waals surface area contributed by atoms with Gasteiger partial charge in [-0.1, -0.05) is 36.3 Å². The first kappa shape index (κ1) is 17.2. The Labute approximate surface area is 128 Å². The maximum atomic E-state index is 11.3. The Morgan fingerprint density at radius 1 is 1.14 bits per heavy atom. The highest BCUT2D eigenvalue weighted by Crippen LogP contribution is 2.14. The summed E-state index contributed by atoms with van der Waals surface area (Å²) in [5, 5.41) is 0. The van der Waals surface area contributed by atoms with E-state index in [0.717, 1.165) is 25.0 Å². The van der Waals surface area contributed by atoms with Gasteiger partial charge in [-0.25, -0.2) is 0 Å². The third kappa shape index (κ3) is 6.94. The van der Waals surface area contributed by atoms with Crippen molar-refractivity contribution in [1.82, 2.24) is 0 Å². The van der Waals surface area contributed by atoms with Crippen LogP contribution in [-0.2, 0) is 0 Å². The molecule has 0 spiro atoms. The molecule has 0 N–H and O–H groups in total. The molecule has 0 saturated heterocycles. The van der Waals surface area contributed by atoms with Crippen LogP contribution in [0.25, 0.3) is 0 Å². The fourth-order valence-electron chi connectivity index (χ4n) is 1.88. The van der Waals surface area contributed by atoms with Crippen molar-refractivity contribution in [2.75, 3.05) is 6.61 Å². The summed E-state index contributed by atoms with van der Waals surface area (Å²) in [7, 11) is 0. The zero-order valence-electron chi connectivity index (χ0n) is 13.6. The average Bonchev–Trinajstić information content (AvgIpc) is 2.47. The van der Waals surface area contributed by atoms with Crippen LogP contribution in [0.5, 0.6) is 5.75 Å². The lowest BCUT2D eigenvalue weighted by molar-refractivity contribution is 0.101. The van der Waals surface area contributed by atoms with Gasteiger partial charge in [-0.05, 0) is 58.2 Å². The fraction of sp³-hybridized carbons (Fsp3) is 0.421. The maximum absolute atomic E-state index is 11.3. The number of rotatable bonds is 8. The van der Waals surface area contributed by atoms with Gasteiger partial charge in [0, 0.05) is 5.56 Å². The predicted molar refractivity (Wildman–Crippen MR) is 89.0 cm³/mol. The molecule has 2 nitrogen and oxygen atoms in total. The molecule has 1 aromatic rings. The quantitative estimate of drug-likeness (QED) is 0.475. The second-order valence-corrected chi connectivity index (χ2v) is 5.39. The number of ketones is 1. The monoisotopic (exact) mass is 286 g/mol. The smallest absolute Gasteiger partial charge is 0.159 e. The molecule has 0 aliphatic heterocycles. The van der Waals surface area contributed by atoms with Crippen LogP contribution in [0.15, 0.2) is 47.6 Å². The first-order valence-electron chi connectivity index (χ1n) is 7.58. The van der Waals surface area contributed by atoms with Crippen molar-refractivity contribution in [1.29, 1.82) is 0 Å². The average molecular weight is 286 g/mol. The number of hydrogen-bond donors (Lipinski definition) is 0. The molecule has 1 rings (SSSR count). The zero-order chi connectivity index (χ0) is 15.7. The highest BCUT2D eigenvalue weighted by molar-refractivity contribution is 5.94. The number of Topliss-reactive ketones (excluding diaryl/α,β-unsaturated/α-hetero) is 1. The summed E-state index contributed by atoms with van der Waals surface area (Å²) >= 11 is 0. The number of hydrogen-bond acceptors (Lipinski definition) is 2. The van der Waals surface area contributed by atoms with Gasteiger partial charge in [0.1, 0.15) is 12.4 Å². The topological polar surface area (TPSA) is 26.3 Å². The molecule has 0 saturated carbocycles. The van der Waals surface area contributed by atoms with E-state index in [1.165, 1.54) is 11.1 Å². The van der Waals surface area contributed by atoms with E-state index in [9.17, 15) is 4.79 Å². The van der Waals surface area contributed by atoms with Crippen LogP contribution in [0.3, 0.4) is 0 Å². The van der Waals surface area contributed by atoms with Gasteiger partial charge in [-0.15, -0.1) is 0 Å². The number of allylic oxidation sites excluding steroid dienone is 3. The number of carbonyl (C=O) groups excluding carboxylic acids is 1. The lowest BCUT2D eigenvalue weighted by Gasteiger charge is -2.05. The van der Waals surface area contributed by atoms with Crippen molar-refractivity contribution in [3.63, 3.8) is 0 Å². The summed E-state index contributed by atoms with van der Waals surface area (Å²) in [6.45, 7) is 8.59. The van der Waals surface area contributed by atoms with Crippen LogP contribution in [0.1, 0.15) is 57.3 Å². The first-order chi connectivity index (χ1) is 10.0. The van der Waals surface area contributed by atoms with E-state index in [1.807, 2.05) is 12.1 Å². The third-order valence-corrected chi connectivity index (χ3v) is 3.51. The summed E-state index contributed by atoms with van der Waals surface area (Å²) in [6, 6.07) is 7.32. The van der Waals surface area contributed by atoms with E-state index < -0.39 is 0 Å². The van der Waals surface area contributed by atoms with Crippen molar-refractivity contribution in [2.24, 2.45) is 0 Å². The fourth-order valence-corrected chi connectivity index (χ4v) is 1.88.